The van der Waals surface area contributed by atoms with Crippen molar-refractivity contribution in [3.8, 4) is 0 Å². The van der Waals surface area contributed by atoms with E-state index in [-0.39, 0.29) is 29.3 Å². The molecule has 1 atom stereocenters. The van der Waals surface area contributed by atoms with Crippen LogP contribution in [0.4, 0.5) is 5.13 Å². The molecule has 1 fully saturated rings. The number of anilines is 1. The predicted molar refractivity (Wildman–Crippen MR) is 159 cm³/mol. The fourth-order valence-electron chi connectivity index (χ4n) is 4.84. The first kappa shape index (κ1) is 30.5. The van der Waals surface area contributed by atoms with Gasteiger partial charge >= 0.3 is 0 Å². The number of carbonyl (C=O) groups excluding carboxylic acids is 1. The van der Waals surface area contributed by atoms with Crippen LogP contribution in [0.1, 0.15) is 61.5 Å². The maximum atomic E-state index is 13.8. The second-order valence-electron chi connectivity index (χ2n) is 9.87. The van der Waals surface area contributed by atoms with Crippen LogP contribution in [0.2, 0.25) is 0 Å². The molecule has 0 saturated carbocycles. The predicted octanol–water partition coefficient (Wildman–Crippen LogP) is 5.89. The maximum absolute atomic E-state index is 13.8. The lowest BCUT2D eigenvalue weighted by Crippen LogP contribution is -2.42. The quantitative estimate of drug-likeness (QED) is 0.317. The van der Waals surface area contributed by atoms with E-state index in [2.05, 4.69) is 44.7 Å². The number of amides is 1. The molecule has 1 unspecified atom stereocenters. The summed E-state index contributed by atoms with van der Waals surface area (Å²) in [7, 11) is -3.59. The number of rotatable bonds is 9. The van der Waals surface area contributed by atoms with Gasteiger partial charge in [-0.15, -0.1) is 12.4 Å². The van der Waals surface area contributed by atoms with Gasteiger partial charge in [0.05, 0.1) is 15.1 Å². The van der Waals surface area contributed by atoms with Gasteiger partial charge in [-0.1, -0.05) is 31.6 Å². The van der Waals surface area contributed by atoms with Crippen LogP contribution in [0.25, 0.3) is 10.2 Å². The topological polar surface area (TPSA) is 73.8 Å². The SMILES string of the molecule is CCN(CC)CCN(C(=O)c1ccc(S(=O)(=O)N2CCCCC2C)cc1)c1nc2cc(C)c(C)cc2s1.Cl. The van der Waals surface area contributed by atoms with Crippen LogP contribution < -0.4 is 4.90 Å². The third-order valence-electron chi connectivity index (χ3n) is 7.45. The normalized spacial score (nSPS) is 16.5. The van der Waals surface area contributed by atoms with Gasteiger partial charge < -0.3 is 4.90 Å². The molecule has 10 heteroatoms. The smallest absolute Gasteiger partial charge is 0.260 e. The van der Waals surface area contributed by atoms with Crippen molar-refractivity contribution >= 4 is 55.0 Å². The second kappa shape index (κ2) is 12.9. The summed E-state index contributed by atoms with van der Waals surface area (Å²) in [5.41, 5.74) is 3.71. The zero-order valence-electron chi connectivity index (χ0n) is 22.9. The van der Waals surface area contributed by atoms with Gasteiger partial charge in [-0.05, 0) is 94.2 Å². The van der Waals surface area contributed by atoms with Crippen molar-refractivity contribution in [2.45, 2.75) is 64.8 Å². The first-order valence-corrected chi connectivity index (χ1v) is 15.4. The van der Waals surface area contributed by atoms with Crippen molar-refractivity contribution < 1.29 is 13.2 Å². The molecule has 0 bridgehead atoms. The Balaban J connectivity index is 0.00000400. The van der Waals surface area contributed by atoms with E-state index in [4.69, 9.17) is 4.98 Å². The molecule has 38 heavy (non-hydrogen) atoms. The Bertz CT molecular complexity index is 1320. The van der Waals surface area contributed by atoms with Gasteiger partial charge in [-0.2, -0.15) is 4.31 Å². The number of carbonyl (C=O) groups is 1. The van der Waals surface area contributed by atoms with E-state index >= 15 is 0 Å². The molecule has 1 saturated heterocycles. The Morgan fingerprint density at radius 1 is 1.05 bits per heavy atom. The van der Waals surface area contributed by atoms with Gasteiger partial charge in [0.1, 0.15) is 0 Å². The zero-order chi connectivity index (χ0) is 26.7. The number of benzene rings is 2. The second-order valence-corrected chi connectivity index (χ2v) is 12.8. The lowest BCUT2D eigenvalue weighted by Gasteiger charge is -2.32. The third kappa shape index (κ3) is 6.39. The number of piperidine rings is 1. The summed E-state index contributed by atoms with van der Waals surface area (Å²) < 4.78 is 29.1. The lowest BCUT2D eigenvalue weighted by atomic mass is 10.1. The molecule has 0 spiro atoms. The first-order chi connectivity index (χ1) is 17.6. The van der Waals surface area contributed by atoms with Crippen LogP contribution in [0.15, 0.2) is 41.3 Å². The number of aromatic nitrogens is 1. The fraction of sp³-hybridized carbons (Fsp3) is 0.500. The highest BCUT2D eigenvalue weighted by Crippen LogP contribution is 2.32. The van der Waals surface area contributed by atoms with Crippen LogP contribution in [0.5, 0.6) is 0 Å². The molecule has 4 rings (SSSR count). The molecule has 7 nitrogen and oxygen atoms in total. The number of hydrogen-bond donors (Lipinski definition) is 0. The maximum Gasteiger partial charge on any atom is 0.260 e. The van der Waals surface area contributed by atoms with E-state index in [1.165, 1.54) is 22.5 Å². The molecular formula is C28H39ClN4O3S2. The first-order valence-electron chi connectivity index (χ1n) is 13.2. The van der Waals surface area contributed by atoms with Crippen molar-refractivity contribution in [2.24, 2.45) is 0 Å². The molecule has 0 radical (unpaired) electrons. The van der Waals surface area contributed by atoms with E-state index in [0.717, 1.165) is 49.1 Å². The molecule has 0 aliphatic carbocycles. The summed E-state index contributed by atoms with van der Waals surface area (Å²) in [4.78, 5) is 22.8. The molecule has 1 aromatic heterocycles. The Hall–Kier alpha value is -2.04. The number of aryl methyl sites for hydroxylation is 2. The number of thiazole rings is 1. The minimum Gasteiger partial charge on any atom is -0.302 e. The number of hydrogen-bond acceptors (Lipinski definition) is 6. The zero-order valence-corrected chi connectivity index (χ0v) is 25.4. The van der Waals surface area contributed by atoms with Crippen molar-refractivity contribution in [1.29, 1.82) is 0 Å². The number of sulfonamides is 1. The summed E-state index contributed by atoms with van der Waals surface area (Å²) in [5, 5.41) is 0.663. The van der Waals surface area contributed by atoms with E-state index in [0.29, 0.717) is 23.8 Å². The Morgan fingerprint density at radius 2 is 1.71 bits per heavy atom. The molecule has 0 N–H and O–H groups in total. The molecule has 3 aromatic rings. The fourth-order valence-corrected chi connectivity index (χ4v) is 7.61. The van der Waals surface area contributed by atoms with Crippen LogP contribution >= 0.6 is 23.7 Å². The summed E-state index contributed by atoms with van der Waals surface area (Å²) in [6.07, 6.45) is 2.80. The molecule has 208 valence electrons. The molecular weight excluding hydrogens is 540 g/mol. The van der Waals surface area contributed by atoms with Gasteiger partial charge in [-0.3, -0.25) is 9.69 Å². The molecule has 1 amide bonds. The average molecular weight is 579 g/mol. The molecule has 1 aliphatic heterocycles. The van der Waals surface area contributed by atoms with Crippen LogP contribution in [-0.4, -0.2) is 67.3 Å². The highest BCUT2D eigenvalue weighted by Gasteiger charge is 2.31. The Morgan fingerprint density at radius 3 is 2.34 bits per heavy atom. The average Bonchev–Trinajstić information content (AvgIpc) is 3.29. The summed E-state index contributed by atoms with van der Waals surface area (Å²) in [5.74, 6) is -0.171. The number of halogens is 1. The van der Waals surface area contributed by atoms with Crippen molar-refractivity contribution in [1.82, 2.24) is 14.2 Å². The number of nitrogens with zero attached hydrogens (tertiary/aromatic N) is 4. The molecule has 1 aliphatic rings. The van der Waals surface area contributed by atoms with Gasteiger partial charge in [0.25, 0.3) is 5.91 Å². The van der Waals surface area contributed by atoms with Crippen molar-refractivity contribution in [3.63, 3.8) is 0 Å². The van der Waals surface area contributed by atoms with E-state index in [1.807, 2.05) is 6.92 Å². The highest BCUT2D eigenvalue weighted by molar-refractivity contribution is 7.89. The lowest BCUT2D eigenvalue weighted by molar-refractivity contribution is 0.0983. The summed E-state index contributed by atoms with van der Waals surface area (Å²) in [6.45, 7) is 13.9. The van der Waals surface area contributed by atoms with Crippen molar-refractivity contribution in [3.05, 3.63) is 53.1 Å². The summed E-state index contributed by atoms with van der Waals surface area (Å²) in [6, 6.07) is 10.6. The standard InChI is InChI=1S/C28H38N4O3S2.ClH/c1-6-30(7-2)16-17-31(28-29-25-18-20(3)21(4)19-26(25)36-28)27(33)23-11-13-24(14-12-23)37(34,35)32-15-9-8-10-22(32)5;/h11-14,18-19,22H,6-10,15-17H2,1-5H3;1H. The van der Waals surface area contributed by atoms with Crippen LogP contribution in [0, 0.1) is 13.8 Å². The van der Waals surface area contributed by atoms with Crippen LogP contribution in [0.3, 0.4) is 0 Å². The van der Waals surface area contributed by atoms with E-state index in [1.54, 1.807) is 33.5 Å². The van der Waals surface area contributed by atoms with Crippen molar-refractivity contribution in [2.75, 3.05) is 37.6 Å². The Labute approximate surface area is 237 Å². The molecule has 2 aromatic carbocycles. The molecule has 2 heterocycles. The van der Waals surface area contributed by atoms with Gasteiger partial charge in [0.2, 0.25) is 10.0 Å². The van der Waals surface area contributed by atoms with Gasteiger partial charge in [0, 0.05) is 31.2 Å². The van der Waals surface area contributed by atoms with E-state index in [9.17, 15) is 13.2 Å². The van der Waals surface area contributed by atoms with E-state index < -0.39 is 10.0 Å². The van der Waals surface area contributed by atoms with Gasteiger partial charge in [-0.25, -0.2) is 13.4 Å². The number of fused-ring (bicyclic) bond motifs is 1. The Kier molecular flexibility index (Phi) is 10.3. The third-order valence-corrected chi connectivity index (χ3v) is 10.5. The minimum absolute atomic E-state index is 0. The van der Waals surface area contributed by atoms with Gasteiger partial charge in [0.15, 0.2) is 5.13 Å². The monoisotopic (exact) mass is 578 g/mol. The van der Waals surface area contributed by atoms with Crippen LogP contribution in [-0.2, 0) is 10.0 Å². The largest absolute Gasteiger partial charge is 0.302 e. The summed E-state index contributed by atoms with van der Waals surface area (Å²) >= 11 is 1.52. The minimum atomic E-state index is -3.59. The highest BCUT2D eigenvalue weighted by atomic mass is 35.5. The number of likely N-dealkylation sites (N-methyl/N-ethyl adjacent to an activating group) is 1.